The Balaban J connectivity index is 1.81. The molecule has 0 saturated carbocycles. The van der Waals surface area contributed by atoms with Gasteiger partial charge in [-0.1, -0.05) is 17.7 Å². The minimum absolute atomic E-state index is 0.518. The molecule has 1 aromatic carbocycles. The van der Waals surface area contributed by atoms with Crippen LogP contribution in [0.1, 0.15) is 36.4 Å². The number of rotatable bonds is 6. The predicted octanol–water partition coefficient (Wildman–Crippen LogP) is 3.34. The van der Waals surface area contributed by atoms with Gasteiger partial charge in [0.05, 0.1) is 0 Å². The number of hydrogen-bond donors (Lipinski definition) is 1. The molecule has 0 amide bonds. The third-order valence-electron chi connectivity index (χ3n) is 3.35. The zero-order chi connectivity index (χ0) is 12.1. The van der Waals surface area contributed by atoms with Crippen molar-refractivity contribution in [2.45, 2.75) is 31.7 Å². The minimum atomic E-state index is 0.518. The summed E-state index contributed by atoms with van der Waals surface area (Å²) in [6.45, 7) is 1.93. The predicted molar refractivity (Wildman–Crippen MR) is 71.6 cm³/mol. The van der Waals surface area contributed by atoms with Crippen molar-refractivity contribution in [3.8, 4) is 0 Å². The molecule has 0 heterocycles. The Morgan fingerprint density at radius 1 is 1.41 bits per heavy atom. The van der Waals surface area contributed by atoms with Crippen LogP contribution in [-0.4, -0.2) is 20.3 Å². The van der Waals surface area contributed by atoms with Crippen molar-refractivity contribution in [3.63, 3.8) is 0 Å². The number of ether oxygens (including phenoxy) is 1. The second kappa shape index (κ2) is 6.39. The number of halogens is 1. The van der Waals surface area contributed by atoms with Gasteiger partial charge in [-0.15, -0.1) is 0 Å². The summed E-state index contributed by atoms with van der Waals surface area (Å²) in [5, 5.41) is 4.47. The Kier molecular flexibility index (Phi) is 4.84. The van der Waals surface area contributed by atoms with E-state index in [0.29, 0.717) is 6.04 Å². The summed E-state index contributed by atoms with van der Waals surface area (Å²) in [5.41, 5.74) is 2.84. The van der Waals surface area contributed by atoms with Crippen molar-refractivity contribution in [3.05, 3.63) is 34.3 Å². The standard InChI is InChI=1S/C14H20ClNO/c1-17-9-3-2-8-16-14-7-4-11-10-12(15)5-6-13(11)14/h5-6,10,14,16H,2-4,7-9H2,1H3. The number of nitrogens with one attached hydrogen (secondary N) is 1. The van der Waals surface area contributed by atoms with E-state index >= 15 is 0 Å². The first-order valence-corrected chi connectivity index (χ1v) is 6.69. The van der Waals surface area contributed by atoms with Gasteiger partial charge < -0.3 is 10.1 Å². The highest BCUT2D eigenvalue weighted by Crippen LogP contribution is 2.32. The van der Waals surface area contributed by atoms with Crippen LogP contribution in [0.3, 0.4) is 0 Å². The van der Waals surface area contributed by atoms with Crippen molar-refractivity contribution in [1.29, 1.82) is 0 Å². The molecule has 1 aliphatic carbocycles. The lowest BCUT2D eigenvalue weighted by molar-refractivity contribution is 0.192. The number of methoxy groups -OCH3 is 1. The van der Waals surface area contributed by atoms with Crippen LogP contribution in [0.4, 0.5) is 0 Å². The lowest BCUT2D eigenvalue weighted by Gasteiger charge is -2.13. The van der Waals surface area contributed by atoms with Gasteiger partial charge in [0.1, 0.15) is 0 Å². The fraction of sp³-hybridized carbons (Fsp3) is 0.571. The largest absolute Gasteiger partial charge is 0.385 e. The molecule has 0 spiro atoms. The molecule has 1 N–H and O–H groups in total. The second-order valence-electron chi connectivity index (χ2n) is 4.59. The normalized spacial score (nSPS) is 18.4. The maximum Gasteiger partial charge on any atom is 0.0462 e. The molecule has 1 unspecified atom stereocenters. The van der Waals surface area contributed by atoms with Gasteiger partial charge in [-0.2, -0.15) is 0 Å². The molecule has 1 aliphatic rings. The van der Waals surface area contributed by atoms with Gasteiger partial charge in [-0.25, -0.2) is 0 Å². The van der Waals surface area contributed by atoms with Crippen LogP contribution < -0.4 is 5.32 Å². The van der Waals surface area contributed by atoms with Crippen molar-refractivity contribution in [2.75, 3.05) is 20.3 Å². The van der Waals surface area contributed by atoms with Crippen molar-refractivity contribution in [2.24, 2.45) is 0 Å². The fourth-order valence-electron chi connectivity index (χ4n) is 2.45. The molecular weight excluding hydrogens is 234 g/mol. The van der Waals surface area contributed by atoms with Gasteiger partial charge in [-0.3, -0.25) is 0 Å². The molecule has 94 valence electrons. The molecule has 0 aliphatic heterocycles. The summed E-state index contributed by atoms with van der Waals surface area (Å²) >= 11 is 6.00. The Bertz CT molecular complexity index is 367. The maximum absolute atomic E-state index is 6.00. The number of benzene rings is 1. The third-order valence-corrected chi connectivity index (χ3v) is 3.58. The molecule has 1 aromatic rings. The summed E-state index contributed by atoms with van der Waals surface area (Å²) in [6, 6.07) is 6.77. The van der Waals surface area contributed by atoms with E-state index < -0.39 is 0 Å². The summed E-state index contributed by atoms with van der Waals surface area (Å²) in [6.07, 6.45) is 4.64. The molecule has 3 heteroatoms. The SMILES string of the molecule is COCCCCNC1CCc2cc(Cl)ccc21. The Morgan fingerprint density at radius 3 is 3.12 bits per heavy atom. The van der Waals surface area contributed by atoms with E-state index in [2.05, 4.69) is 17.4 Å². The number of unbranched alkanes of at least 4 members (excludes halogenated alkanes) is 1. The van der Waals surface area contributed by atoms with E-state index in [4.69, 9.17) is 16.3 Å². The van der Waals surface area contributed by atoms with Crippen molar-refractivity contribution in [1.82, 2.24) is 5.32 Å². The van der Waals surface area contributed by atoms with E-state index in [1.54, 1.807) is 7.11 Å². The number of fused-ring (bicyclic) bond motifs is 1. The molecular formula is C14H20ClNO. The van der Waals surface area contributed by atoms with Crippen LogP contribution in [-0.2, 0) is 11.2 Å². The van der Waals surface area contributed by atoms with Gasteiger partial charge >= 0.3 is 0 Å². The Hall–Kier alpha value is -0.570. The fourth-order valence-corrected chi connectivity index (χ4v) is 2.64. The summed E-state index contributed by atoms with van der Waals surface area (Å²) in [7, 11) is 1.75. The third kappa shape index (κ3) is 3.44. The summed E-state index contributed by atoms with van der Waals surface area (Å²) < 4.78 is 5.04. The number of aryl methyl sites for hydroxylation is 1. The Morgan fingerprint density at radius 2 is 2.29 bits per heavy atom. The quantitative estimate of drug-likeness (QED) is 0.785. The van der Waals surface area contributed by atoms with E-state index in [9.17, 15) is 0 Å². The van der Waals surface area contributed by atoms with Crippen LogP contribution in [0.15, 0.2) is 18.2 Å². The van der Waals surface area contributed by atoms with Gasteiger partial charge in [-0.05, 0) is 55.5 Å². The zero-order valence-electron chi connectivity index (χ0n) is 10.3. The van der Waals surface area contributed by atoms with Crippen LogP contribution in [0.25, 0.3) is 0 Å². The van der Waals surface area contributed by atoms with E-state index in [1.165, 1.54) is 24.0 Å². The van der Waals surface area contributed by atoms with Crippen molar-refractivity contribution >= 4 is 11.6 Å². The van der Waals surface area contributed by atoms with Crippen LogP contribution in [0.5, 0.6) is 0 Å². The molecule has 2 rings (SSSR count). The lowest BCUT2D eigenvalue weighted by Crippen LogP contribution is -2.20. The molecule has 0 saturated heterocycles. The van der Waals surface area contributed by atoms with Crippen LogP contribution in [0.2, 0.25) is 5.02 Å². The van der Waals surface area contributed by atoms with Gasteiger partial charge in [0, 0.05) is 24.8 Å². The van der Waals surface area contributed by atoms with Crippen LogP contribution >= 0.6 is 11.6 Å². The highest BCUT2D eigenvalue weighted by molar-refractivity contribution is 6.30. The monoisotopic (exact) mass is 253 g/mol. The topological polar surface area (TPSA) is 21.3 Å². The second-order valence-corrected chi connectivity index (χ2v) is 5.02. The minimum Gasteiger partial charge on any atom is -0.385 e. The highest BCUT2D eigenvalue weighted by atomic mass is 35.5. The molecule has 17 heavy (non-hydrogen) atoms. The molecule has 0 radical (unpaired) electrons. The molecule has 2 nitrogen and oxygen atoms in total. The lowest BCUT2D eigenvalue weighted by atomic mass is 10.1. The van der Waals surface area contributed by atoms with E-state index in [1.807, 2.05) is 6.07 Å². The average Bonchev–Trinajstić information content (AvgIpc) is 2.71. The van der Waals surface area contributed by atoms with Gasteiger partial charge in [0.25, 0.3) is 0 Å². The first-order valence-electron chi connectivity index (χ1n) is 6.32. The molecule has 0 aromatic heterocycles. The molecule has 0 bridgehead atoms. The maximum atomic E-state index is 6.00. The van der Waals surface area contributed by atoms with E-state index in [0.717, 1.165) is 31.0 Å². The van der Waals surface area contributed by atoms with Crippen LogP contribution in [0, 0.1) is 0 Å². The summed E-state index contributed by atoms with van der Waals surface area (Å²) in [4.78, 5) is 0. The first kappa shape index (κ1) is 12.9. The smallest absolute Gasteiger partial charge is 0.0462 e. The Labute approximate surface area is 108 Å². The first-order chi connectivity index (χ1) is 8.31. The van der Waals surface area contributed by atoms with Crippen molar-refractivity contribution < 1.29 is 4.74 Å². The highest BCUT2D eigenvalue weighted by Gasteiger charge is 2.21. The number of hydrogen-bond acceptors (Lipinski definition) is 2. The zero-order valence-corrected chi connectivity index (χ0v) is 11.1. The van der Waals surface area contributed by atoms with Gasteiger partial charge in [0.15, 0.2) is 0 Å². The molecule has 0 fully saturated rings. The molecule has 1 atom stereocenters. The summed E-state index contributed by atoms with van der Waals surface area (Å²) in [5.74, 6) is 0. The average molecular weight is 254 g/mol. The van der Waals surface area contributed by atoms with E-state index in [-0.39, 0.29) is 0 Å². The van der Waals surface area contributed by atoms with Gasteiger partial charge in [0.2, 0.25) is 0 Å².